The van der Waals surface area contributed by atoms with Crippen molar-refractivity contribution in [2.45, 2.75) is 58.0 Å². The summed E-state index contributed by atoms with van der Waals surface area (Å²) in [5, 5.41) is 2.91. The van der Waals surface area contributed by atoms with Crippen molar-refractivity contribution in [1.82, 2.24) is 10.2 Å². The summed E-state index contributed by atoms with van der Waals surface area (Å²) < 4.78 is 13.3. The lowest BCUT2D eigenvalue weighted by molar-refractivity contribution is -0.141. The van der Waals surface area contributed by atoms with Gasteiger partial charge in [-0.3, -0.25) is 9.59 Å². The third kappa shape index (κ3) is 7.82. The highest BCUT2D eigenvalue weighted by Crippen LogP contribution is 2.17. The summed E-state index contributed by atoms with van der Waals surface area (Å²) in [6.07, 6.45) is 0.868. The summed E-state index contributed by atoms with van der Waals surface area (Å²) in [5.74, 6) is 0.983. The molecule has 0 spiro atoms. The molecule has 0 aliphatic heterocycles. The van der Waals surface area contributed by atoms with Gasteiger partial charge in [0.25, 0.3) is 0 Å². The van der Waals surface area contributed by atoms with Crippen LogP contribution >= 0.6 is 11.8 Å². The highest BCUT2D eigenvalue weighted by molar-refractivity contribution is 7.98. The van der Waals surface area contributed by atoms with Gasteiger partial charge < -0.3 is 10.2 Å². The Morgan fingerprint density at radius 3 is 2.30 bits per heavy atom. The van der Waals surface area contributed by atoms with Crippen LogP contribution in [0.5, 0.6) is 0 Å². The van der Waals surface area contributed by atoms with Crippen molar-refractivity contribution in [3.8, 4) is 0 Å². The first-order chi connectivity index (χ1) is 14.4. The number of thioether (sulfide) groups is 1. The smallest absolute Gasteiger partial charge is 0.243 e. The molecule has 2 aromatic rings. The molecule has 2 aromatic carbocycles. The Labute approximate surface area is 183 Å². The van der Waals surface area contributed by atoms with E-state index in [-0.39, 0.29) is 30.2 Å². The minimum Gasteiger partial charge on any atom is -0.352 e. The molecule has 1 N–H and O–H groups in total. The molecule has 0 unspecified atom stereocenters. The van der Waals surface area contributed by atoms with E-state index in [1.54, 1.807) is 28.8 Å². The molecule has 30 heavy (non-hydrogen) atoms. The average Bonchev–Trinajstić information content (AvgIpc) is 2.72. The van der Waals surface area contributed by atoms with Gasteiger partial charge >= 0.3 is 0 Å². The first-order valence-electron chi connectivity index (χ1n) is 10.4. The van der Waals surface area contributed by atoms with E-state index >= 15 is 0 Å². The molecule has 0 aromatic heterocycles. The van der Waals surface area contributed by atoms with E-state index in [2.05, 4.69) is 17.4 Å². The average molecular weight is 431 g/mol. The summed E-state index contributed by atoms with van der Waals surface area (Å²) in [6, 6.07) is 15.6. The monoisotopic (exact) mass is 430 g/mol. The number of carbonyl (C=O) groups excluding carboxylic acids is 2. The number of nitrogens with zero attached hydrogens (tertiary/aromatic N) is 1. The van der Waals surface area contributed by atoms with E-state index in [9.17, 15) is 14.0 Å². The minimum absolute atomic E-state index is 0.00393. The quantitative estimate of drug-likeness (QED) is 0.522. The van der Waals surface area contributed by atoms with E-state index < -0.39 is 6.04 Å². The van der Waals surface area contributed by atoms with E-state index in [1.165, 1.54) is 17.7 Å². The number of hydrogen-bond donors (Lipinski definition) is 1. The molecule has 0 saturated heterocycles. The second-order valence-electron chi connectivity index (χ2n) is 7.52. The van der Waals surface area contributed by atoms with Crippen LogP contribution in [-0.2, 0) is 21.9 Å². The zero-order valence-electron chi connectivity index (χ0n) is 17.9. The van der Waals surface area contributed by atoms with Gasteiger partial charge in [0.1, 0.15) is 11.9 Å². The van der Waals surface area contributed by atoms with Crippen LogP contribution in [0.25, 0.3) is 0 Å². The summed E-state index contributed by atoms with van der Waals surface area (Å²) in [4.78, 5) is 27.4. The zero-order valence-corrected chi connectivity index (χ0v) is 18.8. The highest BCUT2D eigenvalue weighted by Gasteiger charge is 2.28. The standard InChI is InChI=1S/C24H31FN2O2S/c1-4-22(24(29)26-18(2)3)27(16-19-10-12-21(25)13-11-19)23(28)14-15-30-17-20-8-6-5-7-9-20/h5-13,18,22H,4,14-17H2,1-3H3,(H,26,29)/t22-/m1/s1. The van der Waals surface area contributed by atoms with Crippen LogP contribution in [0, 0.1) is 5.82 Å². The molecule has 2 rings (SSSR count). The molecule has 0 radical (unpaired) electrons. The predicted octanol–water partition coefficient (Wildman–Crippen LogP) is 4.78. The van der Waals surface area contributed by atoms with Crippen molar-refractivity contribution in [2.75, 3.05) is 5.75 Å². The Morgan fingerprint density at radius 2 is 1.70 bits per heavy atom. The molecule has 4 nitrogen and oxygen atoms in total. The van der Waals surface area contributed by atoms with Gasteiger partial charge in [0.05, 0.1) is 0 Å². The summed E-state index contributed by atoms with van der Waals surface area (Å²) in [5.41, 5.74) is 2.03. The van der Waals surface area contributed by atoms with Gasteiger partial charge in [-0.2, -0.15) is 11.8 Å². The third-order valence-electron chi connectivity index (χ3n) is 4.65. The van der Waals surface area contributed by atoms with Gasteiger partial charge in [0.15, 0.2) is 0 Å². The molecule has 0 saturated carbocycles. The lowest BCUT2D eigenvalue weighted by Gasteiger charge is -2.31. The van der Waals surface area contributed by atoms with Crippen LogP contribution in [0.3, 0.4) is 0 Å². The van der Waals surface area contributed by atoms with Crippen LogP contribution < -0.4 is 5.32 Å². The van der Waals surface area contributed by atoms with Crippen molar-refractivity contribution in [3.63, 3.8) is 0 Å². The van der Waals surface area contributed by atoms with Crippen LogP contribution in [0.15, 0.2) is 54.6 Å². The first kappa shape index (κ1) is 23.9. The molecule has 0 heterocycles. The van der Waals surface area contributed by atoms with Crippen LogP contribution in [0.4, 0.5) is 4.39 Å². The van der Waals surface area contributed by atoms with E-state index in [4.69, 9.17) is 0 Å². The van der Waals surface area contributed by atoms with Gasteiger partial charge in [-0.05, 0) is 43.5 Å². The molecule has 0 bridgehead atoms. The Bertz CT molecular complexity index is 797. The Balaban J connectivity index is 2.05. The van der Waals surface area contributed by atoms with Crippen molar-refractivity contribution < 1.29 is 14.0 Å². The lowest BCUT2D eigenvalue weighted by Crippen LogP contribution is -2.50. The highest BCUT2D eigenvalue weighted by atomic mass is 32.2. The van der Waals surface area contributed by atoms with Gasteiger partial charge in [-0.15, -0.1) is 0 Å². The van der Waals surface area contributed by atoms with Crippen molar-refractivity contribution in [1.29, 1.82) is 0 Å². The fourth-order valence-electron chi connectivity index (χ4n) is 3.15. The van der Waals surface area contributed by atoms with Crippen molar-refractivity contribution >= 4 is 23.6 Å². The molecule has 1 atom stereocenters. The van der Waals surface area contributed by atoms with E-state index in [1.807, 2.05) is 39.0 Å². The van der Waals surface area contributed by atoms with Crippen molar-refractivity contribution in [2.24, 2.45) is 0 Å². The third-order valence-corrected chi connectivity index (χ3v) is 5.69. The molecule has 2 amide bonds. The molecule has 0 fully saturated rings. The Kier molecular flexibility index (Phi) is 9.87. The predicted molar refractivity (Wildman–Crippen MR) is 122 cm³/mol. The van der Waals surface area contributed by atoms with Gasteiger partial charge in [-0.25, -0.2) is 4.39 Å². The molecule has 6 heteroatoms. The molecular weight excluding hydrogens is 399 g/mol. The van der Waals surface area contributed by atoms with Crippen LogP contribution in [-0.4, -0.2) is 34.6 Å². The second-order valence-corrected chi connectivity index (χ2v) is 8.63. The van der Waals surface area contributed by atoms with Gasteiger partial charge in [0, 0.05) is 30.5 Å². The summed E-state index contributed by atoms with van der Waals surface area (Å²) >= 11 is 1.70. The fraction of sp³-hybridized carbons (Fsp3) is 0.417. The van der Waals surface area contributed by atoms with Crippen LogP contribution in [0.2, 0.25) is 0 Å². The number of carbonyl (C=O) groups is 2. The molecular formula is C24H31FN2O2S. The Hall–Kier alpha value is -2.34. The minimum atomic E-state index is -0.552. The number of nitrogens with one attached hydrogen (secondary N) is 1. The van der Waals surface area contributed by atoms with Crippen LogP contribution in [0.1, 0.15) is 44.7 Å². The van der Waals surface area contributed by atoms with Crippen molar-refractivity contribution in [3.05, 3.63) is 71.5 Å². The summed E-state index contributed by atoms with van der Waals surface area (Å²) in [7, 11) is 0. The topological polar surface area (TPSA) is 49.4 Å². The van der Waals surface area contributed by atoms with E-state index in [0.717, 1.165) is 11.3 Å². The summed E-state index contributed by atoms with van der Waals surface area (Å²) in [6.45, 7) is 5.99. The fourth-order valence-corrected chi connectivity index (χ4v) is 4.05. The second kappa shape index (κ2) is 12.4. The maximum absolute atomic E-state index is 13.3. The molecule has 0 aliphatic carbocycles. The number of halogens is 1. The number of benzene rings is 2. The van der Waals surface area contributed by atoms with Gasteiger partial charge in [0.2, 0.25) is 11.8 Å². The maximum atomic E-state index is 13.3. The number of amides is 2. The first-order valence-corrected chi connectivity index (χ1v) is 11.5. The van der Waals surface area contributed by atoms with Gasteiger partial charge in [-0.1, -0.05) is 49.4 Å². The van der Waals surface area contributed by atoms with E-state index in [0.29, 0.717) is 18.6 Å². The maximum Gasteiger partial charge on any atom is 0.243 e. The number of rotatable bonds is 11. The lowest BCUT2D eigenvalue weighted by atomic mass is 10.1. The SMILES string of the molecule is CC[C@H](C(=O)NC(C)C)N(Cc1ccc(F)cc1)C(=O)CCSCc1ccccc1. The number of hydrogen-bond acceptors (Lipinski definition) is 3. The Morgan fingerprint density at radius 1 is 1.03 bits per heavy atom. The normalized spacial score (nSPS) is 11.9. The zero-order chi connectivity index (χ0) is 21.9. The molecule has 0 aliphatic rings. The molecule has 162 valence electrons. The largest absolute Gasteiger partial charge is 0.352 e.